The highest BCUT2D eigenvalue weighted by Crippen LogP contribution is 2.36. The average Bonchev–Trinajstić information content (AvgIpc) is 1.41. The van der Waals surface area contributed by atoms with Gasteiger partial charge in [0, 0.05) is 88.0 Å². The van der Waals surface area contributed by atoms with Crippen molar-refractivity contribution >= 4 is 75.8 Å². The zero-order valence-electron chi connectivity index (χ0n) is 59.6. The standard InChI is InChI=1S/C23H35N7O4S.C22H35N7O2S.C19H29N7O2S.C3H7I/c1-16(2)34-23(31)29-13-11-18(12-14-29)30-27-22(26-28-30)20-15-19(35(32,33)24-3)9-10-21(20)25-17-7-5-4-6-8-17;1-16(2)28-13-11-18(12-14-28)29-26-22(25-27-29)20-15-19(32(30,31)23-3)9-10-21(20)24-17-7-5-4-6-8-17;1-20-29(27,28)16-7-8-18(22-14-5-3-2-4-6-14)17(13-16)19-23-25-26(24-19)15-9-11-21-12-10-15;1-3(2)4/h9-10,15-18,24-25H,4-8,11-14H2,1-3H3;9-10,15-18,23-24H,4-8,11-14H2,1-3H3;7-8,13-15,20-22H,2-6,9-12H2,1H3;3H,1-2H3. The number of aromatic nitrogens is 12. The zero-order chi connectivity index (χ0) is 71.6. The maximum Gasteiger partial charge on any atom is 0.410 e. The number of benzene rings is 3. The summed E-state index contributed by atoms with van der Waals surface area (Å²) >= 11 is 2.34. The first-order valence-corrected chi connectivity index (χ1v) is 41.6. The van der Waals surface area contributed by atoms with Crippen LogP contribution in [0.1, 0.15) is 195 Å². The lowest BCUT2D eigenvalue weighted by atomic mass is 9.95. The molecule has 6 aliphatic rings. The molecule has 3 saturated heterocycles. The van der Waals surface area contributed by atoms with Crippen LogP contribution in [0.5, 0.6) is 0 Å². The second-order valence-electron chi connectivity index (χ2n) is 27.5. The van der Waals surface area contributed by atoms with E-state index in [9.17, 15) is 30.0 Å². The summed E-state index contributed by atoms with van der Waals surface area (Å²) in [6.07, 6.45) is 22.4. The number of ether oxygens (including phenoxy) is 1. The van der Waals surface area contributed by atoms with Crippen molar-refractivity contribution in [2.45, 2.75) is 243 Å². The fourth-order valence-electron chi connectivity index (χ4n) is 13.4. The molecule has 100 heavy (non-hydrogen) atoms. The number of carbonyl (C=O) groups excluding carboxylic acids is 1. The molecule has 552 valence electrons. The summed E-state index contributed by atoms with van der Waals surface area (Å²) in [6.45, 7) is 17.4. The minimum Gasteiger partial charge on any atom is -0.447 e. The molecule has 3 saturated carbocycles. The number of hydrogen-bond donors (Lipinski definition) is 7. The fraction of sp³-hybridized carbons (Fsp3) is 0.672. The second-order valence-corrected chi connectivity index (χ2v) is 35.6. The number of hydrogen-bond acceptors (Lipinski definition) is 22. The van der Waals surface area contributed by atoms with Gasteiger partial charge in [0.1, 0.15) is 0 Å². The molecule has 0 bridgehead atoms. The van der Waals surface area contributed by atoms with E-state index in [1.54, 1.807) is 61.8 Å². The van der Waals surface area contributed by atoms with Gasteiger partial charge >= 0.3 is 6.09 Å². The average molecular weight is 1560 g/mol. The predicted molar refractivity (Wildman–Crippen MR) is 397 cm³/mol. The summed E-state index contributed by atoms with van der Waals surface area (Å²) in [4.78, 5) is 21.9. The smallest absolute Gasteiger partial charge is 0.410 e. The molecular formula is C67H106IN21O8S3. The summed E-state index contributed by atoms with van der Waals surface area (Å²) in [5.74, 6) is 1.29. The van der Waals surface area contributed by atoms with E-state index in [0.717, 1.165) is 111 Å². The van der Waals surface area contributed by atoms with Crippen LogP contribution in [0.4, 0.5) is 21.9 Å². The molecule has 33 heteroatoms. The SMILES string of the molecule is CC(C)I.CNS(=O)(=O)c1ccc(NC2CCCCC2)c(-c2nnn(C3CCN(C(=O)OC(C)C)CC3)n2)c1.CNS(=O)(=O)c1ccc(NC2CCCCC2)c(-c2nnn(C3CCN(C(C)C)CC3)n2)c1.CNS(=O)(=O)c1ccc(NC2CCCCC2)c(-c2nnn(C3CCNCC3)n2)c1. The van der Waals surface area contributed by atoms with Crippen molar-refractivity contribution in [1.82, 2.24) is 89.9 Å². The normalized spacial score (nSPS) is 18.6. The molecule has 0 spiro atoms. The third-order valence-corrected chi connectivity index (χ3v) is 23.4. The maximum absolute atomic E-state index is 12.5. The lowest BCUT2D eigenvalue weighted by Gasteiger charge is -2.33. The van der Waals surface area contributed by atoms with Gasteiger partial charge in [0.05, 0.1) is 38.9 Å². The van der Waals surface area contributed by atoms with Gasteiger partial charge in [-0.05, 0) is 209 Å². The first-order chi connectivity index (χ1) is 47.9. The summed E-state index contributed by atoms with van der Waals surface area (Å²) in [5.41, 5.74) is 4.48. The lowest BCUT2D eigenvalue weighted by Crippen LogP contribution is -2.40. The molecule has 3 aliphatic heterocycles. The highest BCUT2D eigenvalue weighted by molar-refractivity contribution is 14.1. The largest absolute Gasteiger partial charge is 0.447 e. The number of anilines is 3. The topological polar surface area (TPSA) is 350 Å². The molecular weight excluding hydrogens is 1450 g/mol. The Labute approximate surface area is 605 Å². The molecule has 0 unspecified atom stereocenters. The van der Waals surface area contributed by atoms with E-state index >= 15 is 0 Å². The fourth-order valence-corrected chi connectivity index (χ4v) is 15.7. The van der Waals surface area contributed by atoms with Crippen LogP contribution in [0.3, 0.4) is 0 Å². The molecule has 12 rings (SSSR count). The number of amides is 1. The molecule has 1 amide bonds. The molecule has 29 nitrogen and oxygen atoms in total. The number of sulfonamides is 3. The van der Waals surface area contributed by atoms with Crippen LogP contribution in [0.2, 0.25) is 0 Å². The first kappa shape index (κ1) is 78.1. The Bertz CT molecular complexity index is 3910. The van der Waals surface area contributed by atoms with Crippen LogP contribution in [-0.4, -0.2) is 196 Å². The van der Waals surface area contributed by atoms with Gasteiger partial charge in [-0.2, -0.15) is 14.4 Å². The highest BCUT2D eigenvalue weighted by atomic mass is 127. The van der Waals surface area contributed by atoms with Gasteiger partial charge in [-0.3, -0.25) is 0 Å². The Morgan fingerprint density at radius 2 is 0.780 bits per heavy atom. The molecule has 0 radical (unpaired) electrons. The number of tetrazole rings is 3. The number of alkyl halides is 1. The maximum atomic E-state index is 12.5. The number of piperidine rings is 3. The van der Waals surface area contributed by atoms with Crippen molar-refractivity contribution in [2.75, 3.05) is 76.4 Å². The zero-order valence-corrected chi connectivity index (χ0v) is 64.2. The summed E-state index contributed by atoms with van der Waals surface area (Å²) in [7, 11) is -6.54. The van der Waals surface area contributed by atoms with Gasteiger partial charge in [0.15, 0.2) is 0 Å². The van der Waals surface area contributed by atoms with E-state index in [4.69, 9.17) is 9.84 Å². The molecule has 3 aromatic heterocycles. The Balaban J connectivity index is 0.000000171. The van der Waals surface area contributed by atoms with E-state index in [2.05, 4.69) is 132 Å². The summed E-state index contributed by atoms with van der Waals surface area (Å²) in [6, 6.07) is 17.2. The van der Waals surface area contributed by atoms with Gasteiger partial charge < -0.3 is 35.8 Å². The molecule has 6 aromatic rings. The van der Waals surface area contributed by atoms with E-state index in [0.29, 0.717) is 84.3 Å². The minimum absolute atomic E-state index is 0.00155. The van der Waals surface area contributed by atoms with E-state index in [-0.39, 0.29) is 45.0 Å². The van der Waals surface area contributed by atoms with Crippen molar-refractivity contribution in [3.8, 4) is 34.2 Å². The van der Waals surface area contributed by atoms with Crippen molar-refractivity contribution in [3.63, 3.8) is 0 Å². The highest BCUT2D eigenvalue weighted by Gasteiger charge is 2.31. The van der Waals surface area contributed by atoms with Crippen LogP contribution in [0.25, 0.3) is 34.2 Å². The Morgan fingerprint density at radius 3 is 1.08 bits per heavy atom. The number of likely N-dealkylation sites (tertiary alicyclic amines) is 2. The van der Waals surface area contributed by atoms with Crippen molar-refractivity contribution < 1.29 is 34.8 Å². The molecule has 3 aromatic carbocycles. The summed E-state index contributed by atoms with van der Waals surface area (Å²) in [5, 5.41) is 53.8. The van der Waals surface area contributed by atoms with Gasteiger partial charge in [-0.15, -0.1) is 30.6 Å². The lowest BCUT2D eigenvalue weighted by molar-refractivity contribution is 0.0642. The number of carbonyl (C=O) groups is 1. The Kier molecular flexibility index (Phi) is 28.8. The van der Waals surface area contributed by atoms with Crippen LogP contribution < -0.4 is 35.4 Å². The molecule has 6 heterocycles. The number of rotatable bonds is 20. The van der Waals surface area contributed by atoms with Crippen molar-refractivity contribution in [1.29, 1.82) is 0 Å². The number of halogens is 1. The molecule has 6 fully saturated rings. The molecule has 0 atom stereocenters. The Morgan fingerprint density at radius 1 is 0.470 bits per heavy atom. The van der Waals surface area contributed by atoms with Gasteiger partial charge in [0.25, 0.3) is 0 Å². The van der Waals surface area contributed by atoms with Crippen LogP contribution >= 0.6 is 22.6 Å². The molecule has 3 aliphatic carbocycles. The quantitative estimate of drug-likeness (QED) is 0.0276. The third-order valence-electron chi connectivity index (χ3n) is 19.2. The van der Waals surface area contributed by atoms with Crippen LogP contribution in [0.15, 0.2) is 69.3 Å². The Hall–Kier alpha value is -6.08. The minimum atomic E-state index is -3.63. The van der Waals surface area contributed by atoms with Crippen molar-refractivity contribution in [2.24, 2.45) is 0 Å². The number of nitrogens with one attached hydrogen (secondary N) is 7. The predicted octanol–water partition coefficient (Wildman–Crippen LogP) is 9.96. The van der Waals surface area contributed by atoms with Gasteiger partial charge in [-0.25, -0.2) is 44.2 Å². The van der Waals surface area contributed by atoms with Crippen molar-refractivity contribution in [3.05, 3.63) is 54.6 Å². The van der Waals surface area contributed by atoms with E-state index in [1.165, 1.54) is 78.9 Å². The van der Waals surface area contributed by atoms with Crippen LogP contribution in [-0.2, 0) is 34.8 Å². The second kappa shape index (κ2) is 36.9. The molecule has 7 N–H and O–H groups in total. The van der Waals surface area contributed by atoms with Gasteiger partial charge in [-0.1, -0.05) is 94.2 Å². The first-order valence-electron chi connectivity index (χ1n) is 35.9. The van der Waals surface area contributed by atoms with Gasteiger partial charge in [0.2, 0.25) is 47.5 Å². The number of nitrogens with zero attached hydrogens (tertiary/aromatic N) is 14. The monoisotopic (exact) mass is 1560 g/mol. The third kappa shape index (κ3) is 21.7. The van der Waals surface area contributed by atoms with E-state index in [1.807, 2.05) is 26.0 Å². The van der Waals surface area contributed by atoms with Crippen LogP contribution in [0, 0.1) is 0 Å². The summed E-state index contributed by atoms with van der Waals surface area (Å²) < 4.78 is 87.7. The van der Waals surface area contributed by atoms with E-state index < -0.39 is 30.1 Å².